The average Bonchev–Trinajstić information content (AvgIpc) is 3.13. The summed E-state index contributed by atoms with van der Waals surface area (Å²) in [6, 6.07) is 9.24. The maximum atomic E-state index is 11.5. The molecule has 4 rings (SSSR count). The van der Waals surface area contributed by atoms with Gasteiger partial charge in [0, 0.05) is 11.1 Å². The van der Waals surface area contributed by atoms with Crippen LogP contribution in [0.3, 0.4) is 0 Å². The smallest absolute Gasteiger partial charge is 0.346 e. The highest BCUT2D eigenvalue weighted by Crippen LogP contribution is 2.21. The molecule has 0 N–H and O–H groups in total. The van der Waals surface area contributed by atoms with Crippen LogP contribution in [-0.2, 0) is 9.47 Å². The van der Waals surface area contributed by atoms with Crippen LogP contribution < -0.4 is 0 Å². The van der Waals surface area contributed by atoms with Crippen molar-refractivity contribution >= 4 is 23.9 Å². The fourth-order valence-corrected chi connectivity index (χ4v) is 2.66. The van der Waals surface area contributed by atoms with Crippen molar-refractivity contribution in [3.05, 3.63) is 81.9 Å². The molecule has 0 fully saturated rings. The van der Waals surface area contributed by atoms with E-state index in [1.165, 1.54) is 36.4 Å². The van der Waals surface area contributed by atoms with Crippen LogP contribution in [0, 0.1) is 23.7 Å². The summed E-state index contributed by atoms with van der Waals surface area (Å²) in [5.41, 5.74) is 1.99. The topological polar surface area (TPSA) is 86.7 Å². The quantitative estimate of drug-likeness (QED) is 0.403. The zero-order valence-corrected chi connectivity index (χ0v) is 14.1. The number of carbonyl (C=O) groups excluding carboxylic acids is 4. The van der Waals surface area contributed by atoms with Gasteiger partial charge in [0.1, 0.15) is 0 Å². The van der Waals surface area contributed by atoms with Crippen molar-refractivity contribution in [3.8, 4) is 23.7 Å². The van der Waals surface area contributed by atoms with Crippen LogP contribution >= 0.6 is 0 Å². The normalized spacial score (nSPS) is 13.9. The van der Waals surface area contributed by atoms with Crippen molar-refractivity contribution in [2.24, 2.45) is 0 Å². The maximum Gasteiger partial charge on any atom is 0.346 e. The van der Waals surface area contributed by atoms with Gasteiger partial charge in [-0.2, -0.15) is 0 Å². The lowest BCUT2D eigenvalue weighted by Crippen LogP contribution is -1.96. The molecule has 0 atom stereocenters. The van der Waals surface area contributed by atoms with Crippen LogP contribution in [-0.4, -0.2) is 23.9 Å². The van der Waals surface area contributed by atoms with E-state index >= 15 is 0 Å². The molecule has 0 aliphatic carbocycles. The van der Waals surface area contributed by atoms with Gasteiger partial charge in [-0.1, -0.05) is 23.7 Å². The Kier molecular flexibility index (Phi) is 4.08. The Labute approximate surface area is 158 Å². The van der Waals surface area contributed by atoms with Gasteiger partial charge < -0.3 is 9.47 Å². The molecule has 0 spiro atoms. The summed E-state index contributed by atoms with van der Waals surface area (Å²) in [5.74, 6) is 8.54. The van der Waals surface area contributed by atoms with Gasteiger partial charge in [0.2, 0.25) is 0 Å². The van der Waals surface area contributed by atoms with Gasteiger partial charge in [0.25, 0.3) is 0 Å². The average molecular weight is 368 g/mol. The van der Waals surface area contributed by atoms with Gasteiger partial charge in [-0.25, -0.2) is 19.2 Å². The summed E-state index contributed by atoms with van der Waals surface area (Å²) in [7, 11) is 0. The number of benzene rings is 2. The van der Waals surface area contributed by atoms with Crippen LogP contribution in [0.15, 0.2) is 48.6 Å². The molecule has 0 saturated heterocycles. The third kappa shape index (κ3) is 3.07. The standard InChI is InChI=1S/C22H8O6/c23-19-15-9-7-13(11-17(15)21(25)27-19)5-3-1-2-4-6-14-8-10-16-18(12-14)22(26)28-20(16)24/h1-2,7-12H/b2-1-. The fourth-order valence-electron chi connectivity index (χ4n) is 2.66. The first kappa shape index (κ1) is 17.0. The van der Waals surface area contributed by atoms with Crippen LogP contribution in [0.25, 0.3) is 0 Å². The van der Waals surface area contributed by atoms with Crippen molar-refractivity contribution in [2.75, 3.05) is 0 Å². The molecular formula is C22H8O6. The second-order valence-corrected chi connectivity index (χ2v) is 5.75. The van der Waals surface area contributed by atoms with Crippen molar-refractivity contribution in [1.82, 2.24) is 0 Å². The molecule has 6 nitrogen and oxygen atoms in total. The van der Waals surface area contributed by atoms with Crippen molar-refractivity contribution in [2.45, 2.75) is 0 Å². The zero-order valence-electron chi connectivity index (χ0n) is 14.1. The SMILES string of the molecule is O=C1OC(=O)c2cc(C#C/C=C\C#Cc3ccc4c(c3)C(=O)OC4=O)ccc21. The number of hydrogen-bond acceptors (Lipinski definition) is 6. The number of ether oxygens (including phenoxy) is 2. The molecular weight excluding hydrogens is 360 g/mol. The summed E-state index contributed by atoms with van der Waals surface area (Å²) in [4.78, 5) is 45.8. The molecule has 132 valence electrons. The Morgan fingerprint density at radius 1 is 0.571 bits per heavy atom. The number of carbonyl (C=O) groups is 4. The molecule has 2 aliphatic rings. The van der Waals surface area contributed by atoms with Gasteiger partial charge in [0.05, 0.1) is 22.3 Å². The third-order valence-corrected chi connectivity index (χ3v) is 3.97. The van der Waals surface area contributed by atoms with Crippen LogP contribution in [0.2, 0.25) is 0 Å². The number of allylic oxidation sites excluding steroid dienone is 2. The monoisotopic (exact) mass is 368 g/mol. The van der Waals surface area contributed by atoms with Gasteiger partial charge in [-0.05, 0) is 48.6 Å². The van der Waals surface area contributed by atoms with Gasteiger partial charge in [-0.3, -0.25) is 0 Å². The molecule has 2 aliphatic heterocycles. The van der Waals surface area contributed by atoms with E-state index in [0.29, 0.717) is 11.1 Å². The molecule has 0 unspecified atom stereocenters. The fraction of sp³-hybridized carbons (Fsp3) is 0. The van der Waals surface area contributed by atoms with Gasteiger partial charge in [0.15, 0.2) is 0 Å². The summed E-state index contributed by atoms with van der Waals surface area (Å²) in [6.07, 6.45) is 3.05. The molecule has 28 heavy (non-hydrogen) atoms. The molecule has 6 heteroatoms. The Morgan fingerprint density at radius 3 is 1.39 bits per heavy atom. The first-order valence-corrected chi connectivity index (χ1v) is 8.02. The lowest BCUT2D eigenvalue weighted by Gasteiger charge is -1.93. The molecule has 2 aromatic rings. The van der Waals surface area contributed by atoms with Crippen LogP contribution in [0.1, 0.15) is 52.6 Å². The van der Waals surface area contributed by atoms with Gasteiger partial charge >= 0.3 is 23.9 Å². The second-order valence-electron chi connectivity index (χ2n) is 5.75. The van der Waals surface area contributed by atoms with E-state index in [2.05, 4.69) is 33.2 Å². The Balaban J connectivity index is 1.46. The third-order valence-electron chi connectivity index (χ3n) is 3.97. The Hall–Kier alpha value is -4.42. The summed E-state index contributed by atoms with van der Waals surface area (Å²) >= 11 is 0. The highest BCUT2D eigenvalue weighted by atomic mass is 16.6. The van der Waals surface area contributed by atoms with E-state index in [-0.39, 0.29) is 22.3 Å². The van der Waals surface area contributed by atoms with Crippen molar-refractivity contribution in [1.29, 1.82) is 0 Å². The highest BCUT2D eigenvalue weighted by Gasteiger charge is 2.30. The zero-order chi connectivity index (χ0) is 19.7. The lowest BCUT2D eigenvalue weighted by molar-refractivity contribution is 0.0425. The maximum absolute atomic E-state index is 11.5. The molecule has 0 saturated carbocycles. The molecule has 0 radical (unpaired) electrons. The predicted molar refractivity (Wildman–Crippen MR) is 95.3 cm³/mol. The molecule has 0 bridgehead atoms. The van der Waals surface area contributed by atoms with Crippen LogP contribution in [0.4, 0.5) is 0 Å². The number of fused-ring (bicyclic) bond motifs is 2. The Morgan fingerprint density at radius 2 is 0.964 bits per heavy atom. The molecule has 2 aromatic carbocycles. The number of cyclic esters (lactones) is 4. The van der Waals surface area contributed by atoms with E-state index in [4.69, 9.17) is 0 Å². The van der Waals surface area contributed by atoms with E-state index in [0.717, 1.165) is 0 Å². The first-order chi connectivity index (χ1) is 13.5. The molecule has 2 heterocycles. The predicted octanol–water partition coefficient (Wildman–Crippen LogP) is 2.27. The molecule has 0 amide bonds. The van der Waals surface area contributed by atoms with Crippen molar-refractivity contribution < 1.29 is 28.7 Å². The highest BCUT2D eigenvalue weighted by molar-refractivity contribution is 6.15. The molecule has 0 aromatic heterocycles. The van der Waals surface area contributed by atoms with E-state index in [1.807, 2.05) is 0 Å². The minimum atomic E-state index is -0.676. The van der Waals surface area contributed by atoms with E-state index < -0.39 is 23.9 Å². The van der Waals surface area contributed by atoms with Gasteiger partial charge in [-0.15, -0.1) is 0 Å². The summed E-state index contributed by atoms with van der Waals surface area (Å²) < 4.78 is 9.04. The Bertz CT molecular complexity index is 1140. The summed E-state index contributed by atoms with van der Waals surface area (Å²) in [5, 5.41) is 0. The second kappa shape index (κ2) is 6.71. The summed E-state index contributed by atoms with van der Waals surface area (Å²) in [6.45, 7) is 0. The minimum Gasteiger partial charge on any atom is -0.386 e. The number of esters is 4. The largest absolute Gasteiger partial charge is 0.386 e. The lowest BCUT2D eigenvalue weighted by atomic mass is 10.1. The number of hydrogen-bond donors (Lipinski definition) is 0. The minimum absolute atomic E-state index is 0.203. The van der Waals surface area contributed by atoms with E-state index in [9.17, 15) is 19.2 Å². The number of rotatable bonds is 0. The van der Waals surface area contributed by atoms with Crippen LogP contribution in [0.5, 0.6) is 0 Å². The van der Waals surface area contributed by atoms with Crippen molar-refractivity contribution in [3.63, 3.8) is 0 Å². The van der Waals surface area contributed by atoms with E-state index in [1.54, 1.807) is 12.1 Å². The first-order valence-electron chi connectivity index (χ1n) is 8.02.